The van der Waals surface area contributed by atoms with Crippen molar-refractivity contribution in [3.8, 4) is 11.5 Å². The maximum absolute atomic E-state index is 13.3. The molecule has 4 rings (SSSR count). The topological polar surface area (TPSA) is 212 Å². The van der Waals surface area contributed by atoms with Gasteiger partial charge in [-0.1, -0.05) is 30.3 Å². The molecule has 14 nitrogen and oxygen atoms in total. The van der Waals surface area contributed by atoms with Gasteiger partial charge in [0.15, 0.2) is 11.5 Å². The van der Waals surface area contributed by atoms with Crippen molar-refractivity contribution in [2.75, 3.05) is 12.4 Å². The molecule has 0 bridgehead atoms. The first kappa shape index (κ1) is 28.9. The fourth-order valence-electron chi connectivity index (χ4n) is 4.17. The molecule has 0 aliphatic carbocycles. The van der Waals surface area contributed by atoms with E-state index in [0.717, 1.165) is 17.0 Å². The molecular weight excluding hydrogens is 560 g/mol. The van der Waals surface area contributed by atoms with Crippen LogP contribution in [0.2, 0.25) is 0 Å². The molecular formula is C26H24N4O10S. The zero-order chi connectivity index (χ0) is 29.8. The molecule has 3 atom stereocenters. The van der Waals surface area contributed by atoms with Crippen LogP contribution in [0, 0.1) is 0 Å². The van der Waals surface area contributed by atoms with Gasteiger partial charge in [-0.05, 0) is 23.8 Å². The van der Waals surface area contributed by atoms with E-state index in [1.54, 1.807) is 30.3 Å². The quantitative estimate of drug-likeness (QED) is 0.143. The van der Waals surface area contributed by atoms with E-state index in [2.05, 4.69) is 10.6 Å². The number of carboxylic acids is 1. The third-order valence-corrected chi connectivity index (χ3v) is 7.47. The van der Waals surface area contributed by atoms with Gasteiger partial charge < -0.3 is 30.7 Å². The van der Waals surface area contributed by atoms with Gasteiger partial charge in [0.1, 0.15) is 29.8 Å². The molecule has 2 heterocycles. The van der Waals surface area contributed by atoms with Crippen molar-refractivity contribution >= 4 is 47.5 Å². The molecule has 0 radical (unpaired) electrons. The number of imide groups is 1. The van der Waals surface area contributed by atoms with Gasteiger partial charge in [-0.15, -0.1) is 11.8 Å². The van der Waals surface area contributed by atoms with Crippen LogP contribution in [0.4, 0.5) is 4.79 Å². The minimum atomic E-state index is -1.39. The normalized spacial score (nSPS) is 18.4. The zero-order valence-corrected chi connectivity index (χ0v) is 22.1. The third kappa shape index (κ3) is 6.24. The lowest BCUT2D eigenvalue weighted by atomic mass is 10.0. The molecule has 0 spiro atoms. The van der Waals surface area contributed by atoms with Crippen molar-refractivity contribution in [2.24, 2.45) is 0 Å². The fraction of sp³-hybridized carbons (Fsp3) is 0.231. The number of β-lactam (4-membered cyclic amide) rings is 1. The van der Waals surface area contributed by atoms with Gasteiger partial charge >= 0.3 is 18.0 Å². The standard InChI is InChI=1S/C26H24N4O10S/c1-12(31)40-10-15-11-41-24-19(23(36)30(24)20(15)25(37)38)27-22(35)18(13-5-3-2-4-6-13)28-26(39)29-21(34)14-7-8-16(32)17(33)9-14/h2-9,18-19,24,32-33H,10-11H2,1H3,(H,27,35)(H,37,38)(H2,28,29,34,39)/t18?,19?,24-/m0/s1. The summed E-state index contributed by atoms with van der Waals surface area (Å²) in [5.74, 6) is -5.32. The second-order valence-corrected chi connectivity index (χ2v) is 10.0. The van der Waals surface area contributed by atoms with E-state index in [4.69, 9.17) is 4.74 Å². The lowest BCUT2D eigenvalue weighted by molar-refractivity contribution is -0.151. The Balaban J connectivity index is 1.48. The number of hydrogen-bond donors (Lipinski definition) is 6. The molecule has 2 aliphatic heterocycles. The number of nitrogens with zero attached hydrogens (tertiary/aromatic N) is 1. The highest BCUT2D eigenvalue weighted by Gasteiger charge is 2.54. The Bertz CT molecular complexity index is 1460. The Labute approximate surface area is 236 Å². The second-order valence-electron chi connectivity index (χ2n) is 8.91. The predicted molar refractivity (Wildman–Crippen MR) is 141 cm³/mol. The van der Waals surface area contributed by atoms with Crippen molar-refractivity contribution in [3.05, 3.63) is 70.9 Å². The Morgan fingerprint density at radius 2 is 1.78 bits per heavy atom. The number of carbonyl (C=O) groups is 6. The van der Waals surface area contributed by atoms with Gasteiger partial charge in [0, 0.05) is 23.8 Å². The number of thioether (sulfide) groups is 1. The molecule has 2 aliphatic rings. The Hall–Kier alpha value is -5.05. The monoisotopic (exact) mass is 584 g/mol. The summed E-state index contributed by atoms with van der Waals surface area (Å²) in [5, 5.41) is 34.9. The average molecular weight is 585 g/mol. The van der Waals surface area contributed by atoms with Gasteiger partial charge in [-0.3, -0.25) is 29.4 Å². The number of nitrogens with one attached hydrogen (secondary N) is 3. The number of phenolic OH excluding ortho intramolecular Hbond substituents is 2. The van der Waals surface area contributed by atoms with E-state index >= 15 is 0 Å². The lowest BCUT2D eigenvalue weighted by Crippen LogP contribution is -2.71. The number of rotatable bonds is 8. The van der Waals surface area contributed by atoms with E-state index in [-0.39, 0.29) is 29.2 Å². The molecule has 1 saturated heterocycles. The molecule has 6 N–H and O–H groups in total. The van der Waals surface area contributed by atoms with E-state index < -0.39 is 64.6 Å². The molecule has 15 heteroatoms. The molecule has 214 valence electrons. The Morgan fingerprint density at radius 3 is 2.41 bits per heavy atom. The minimum absolute atomic E-state index is 0.132. The molecule has 2 aromatic carbocycles. The zero-order valence-electron chi connectivity index (χ0n) is 21.3. The van der Waals surface area contributed by atoms with Crippen LogP contribution in [-0.4, -0.2) is 79.7 Å². The van der Waals surface area contributed by atoms with Crippen LogP contribution < -0.4 is 16.0 Å². The number of fused-ring (bicyclic) bond motifs is 1. The largest absolute Gasteiger partial charge is 0.504 e. The summed E-state index contributed by atoms with van der Waals surface area (Å²) in [6.45, 7) is 0.876. The van der Waals surface area contributed by atoms with Crippen LogP contribution in [-0.2, 0) is 23.9 Å². The number of benzene rings is 2. The second kappa shape index (κ2) is 12.0. The summed E-state index contributed by atoms with van der Waals surface area (Å²) in [6, 6.07) is 7.64. The number of hydrogen-bond acceptors (Lipinski definition) is 10. The summed E-state index contributed by atoms with van der Waals surface area (Å²) in [7, 11) is 0. The van der Waals surface area contributed by atoms with Crippen LogP contribution in [0.5, 0.6) is 11.5 Å². The Morgan fingerprint density at radius 1 is 1.07 bits per heavy atom. The highest BCUT2D eigenvalue weighted by Crippen LogP contribution is 2.40. The number of amides is 5. The predicted octanol–water partition coefficient (Wildman–Crippen LogP) is 0.580. The lowest BCUT2D eigenvalue weighted by Gasteiger charge is -2.49. The summed E-state index contributed by atoms with van der Waals surface area (Å²) in [6.07, 6.45) is 0. The van der Waals surface area contributed by atoms with E-state index in [1.807, 2.05) is 5.32 Å². The van der Waals surface area contributed by atoms with E-state index in [1.165, 1.54) is 24.8 Å². The average Bonchev–Trinajstić information content (AvgIpc) is 2.94. The van der Waals surface area contributed by atoms with Crippen molar-refractivity contribution in [1.29, 1.82) is 0 Å². The first-order valence-electron chi connectivity index (χ1n) is 12.0. The van der Waals surface area contributed by atoms with Crippen molar-refractivity contribution in [3.63, 3.8) is 0 Å². The number of aromatic hydroxyl groups is 2. The van der Waals surface area contributed by atoms with Crippen molar-refractivity contribution in [1.82, 2.24) is 20.9 Å². The highest BCUT2D eigenvalue weighted by molar-refractivity contribution is 8.00. The summed E-state index contributed by atoms with van der Waals surface area (Å²) >= 11 is 1.17. The van der Waals surface area contributed by atoms with Crippen molar-refractivity contribution < 1.29 is 48.8 Å². The van der Waals surface area contributed by atoms with Gasteiger partial charge in [0.25, 0.3) is 11.8 Å². The number of ether oxygens (including phenoxy) is 1. The summed E-state index contributed by atoms with van der Waals surface area (Å²) < 4.78 is 4.91. The SMILES string of the molecule is CC(=O)OCC1=C(C(=O)O)N2C(=O)C(NC(=O)C(NC(=O)NC(=O)c3ccc(O)c(O)c3)c3ccccc3)[C@@H]2SC1. The van der Waals surface area contributed by atoms with Crippen LogP contribution in [0.3, 0.4) is 0 Å². The van der Waals surface area contributed by atoms with E-state index in [9.17, 15) is 44.1 Å². The third-order valence-electron chi connectivity index (χ3n) is 6.13. The van der Waals surface area contributed by atoms with Gasteiger partial charge in [0.2, 0.25) is 5.91 Å². The number of carboxylic acid groups (broad SMARTS) is 1. The molecule has 41 heavy (non-hydrogen) atoms. The number of phenols is 2. The maximum Gasteiger partial charge on any atom is 0.352 e. The molecule has 2 unspecified atom stereocenters. The van der Waals surface area contributed by atoms with Gasteiger partial charge in [-0.25, -0.2) is 9.59 Å². The van der Waals surface area contributed by atoms with Crippen LogP contribution >= 0.6 is 11.8 Å². The molecule has 5 amide bonds. The summed E-state index contributed by atoms with van der Waals surface area (Å²) in [5.41, 5.74) is 0.103. The minimum Gasteiger partial charge on any atom is -0.504 e. The van der Waals surface area contributed by atoms with Crippen LogP contribution in [0.1, 0.15) is 28.9 Å². The van der Waals surface area contributed by atoms with E-state index in [0.29, 0.717) is 5.56 Å². The number of aliphatic carboxylic acids is 1. The van der Waals surface area contributed by atoms with Crippen molar-refractivity contribution in [2.45, 2.75) is 24.4 Å². The van der Waals surface area contributed by atoms with Crippen LogP contribution in [0.25, 0.3) is 0 Å². The number of carbonyl (C=O) groups excluding carboxylic acids is 5. The molecule has 0 aromatic heterocycles. The number of urea groups is 1. The fourth-order valence-corrected chi connectivity index (χ4v) is 5.50. The number of esters is 1. The summed E-state index contributed by atoms with van der Waals surface area (Å²) in [4.78, 5) is 75.5. The molecule has 0 saturated carbocycles. The van der Waals surface area contributed by atoms with Crippen LogP contribution in [0.15, 0.2) is 59.8 Å². The van der Waals surface area contributed by atoms with Gasteiger partial charge in [0.05, 0.1) is 0 Å². The highest BCUT2D eigenvalue weighted by atomic mass is 32.2. The molecule has 2 aromatic rings. The smallest absolute Gasteiger partial charge is 0.352 e. The Kier molecular flexibility index (Phi) is 8.47. The van der Waals surface area contributed by atoms with Gasteiger partial charge in [-0.2, -0.15) is 0 Å². The maximum atomic E-state index is 13.3. The first-order chi connectivity index (χ1) is 19.5. The first-order valence-corrected chi connectivity index (χ1v) is 13.0. The molecule has 1 fully saturated rings.